The molecule has 2 N–H and O–H groups in total. The molecule has 1 aliphatic heterocycles. The summed E-state index contributed by atoms with van der Waals surface area (Å²) in [6, 6.07) is 3.72. The Morgan fingerprint density at radius 1 is 1.12 bits per heavy atom. The first-order valence-electron chi connectivity index (χ1n) is 8.42. The maximum Gasteiger partial charge on any atom is 0.191 e. The van der Waals surface area contributed by atoms with Crippen LogP contribution in [0.25, 0.3) is 0 Å². The van der Waals surface area contributed by atoms with Crippen molar-refractivity contribution in [2.75, 3.05) is 41.5 Å². The summed E-state index contributed by atoms with van der Waals surface area (Å²) < 4.78 is 21.9. The molecular formula is C18H30IN3O4. The lowest BCUT2D eigenvalue weighted by molar-refractivity contribution is 0.0243. The van der Waals surface area contributed by atoms with E-state index in [1.807, 2.05) is 12.1 Å². The van der Waals surface area contributed by atoms with Crippen LogP contribution < -0.4 is 24.8 Å². The van der Waals surface area contributed by atoms with Crippen LogP contribution in [0.15, 0.2) is 17.1 Å². The van der Waals surface area contributed by atoms with Crippen molar-refractivity contribution in [2.24, 2.45) is 4.99 Å². The molecule has 1 heterocycles. The third kappa shape index (κ3) is 5.80. The van der Waals surface area contributed by atoms with Gasteiger partial charge in [-0.2, -0.15) is 0 Å². The Hall–Kier alpha value is -1.42. The van der Waals surface area contributed by atoms with Crippen LogP contribution in [0.2, 0.25) is 0 Å². The number of methoxy groups -OCH3 is 3. The van der Waals surface area contributed by atoms with Gasteiger partial charge in [0.1, 0.15) is 5.75 Å². The van der Waals surface area contributed by atoms with Gasteiger partial charge in [0.25, 0.3) is 0 Å². The Morgan fingerprint density at radius 2 is 1.77 bits per heavy atom. The summed E-state index contributed by atoms with van der Waals surface area (Å²) >= 11 is 0. The van der Waals surface area contributed by atoms with E-state index in [2.05, 4.69) is 22.5 Å². The summed E-state index contributed by atoms with van der Waals surface area (Å²) in [6.45, 7) is 4.21. The molecule has 1 unspecified atom stereocenters. The molecule has 1 atom stereocenters. The summed E-state index contributed by atoms with van der Waals surface area (Å²) in [7, 11) is 6.60. The summed E-state index contributed by atoms with van der Waals surface area (Å²) in [5.74, 6) is 2.74. The summed E-state index contributed by atoms with van der Waals surface area (Å²) in [5.41, 5.74) is 0.824. The standard InChI is InChI=1S/C18H29N3O4.HI/c1-18(7-6-8-25-18)12-21-17(19-2)20-11-13-9-15(23-4)16(24-5)10-14(13)22-3;/h9-10H,6-8,11-12H2,1-5H3,(H2,19,20,21);1H. The molecule has 0 amide bonds. The Labute approximate surface area is 172 Å². The summed E-state index contributed by atoms with van der Waals surface area (Å²) in [4.78, 5) is 4.27. The zero-order chi connectivity index (χ0) is 18.3. The van der Waals surface area contributed by atoms with E-state index in [-0.39, 0.29) is 29.6 Å². The van der Waals surface area contributed by atoms with Crippen molar-refractivity contribution in [1.29, 1.82) is 0 Å². The first kappa shape index (κ1) is 22.6. The van der Waals surface area contributed by atoms with E-state index in [0.29, 0.717) is 24.0 Å². The number of benzene rings is 1. The van der Waals surface area contributed by atoms with Crippen molar-refractivity contribution in [3.05, 3.63) is 17.7 Å². The molecule has 7 nitrogen and oxygen atoms in total. The van der Waals surface area contributed by atoms with Gasteiger partial charge in [-0.15, -0.1) is 24.0 Å². The van der Waals surface area contributed by atoms with E-state index in [4.69, 9.17) is 18.9 Å². The molecule has 1 fully saturated rings. The molecule has 0 spiro atoms. The molecule has 0 radical (unpaired) electrons. The van der Waals surface area contributed by atoms with Gasteiger partial charge in [-0.25, -0.2) is 0 Å². The van der Waals surface area contributed by atoms with Crippen molar-refractivity contribution >= 4 is 29.9 Å². The lowest BCUT2D eigenvalue weighted by Crippen LogP contribution is -2.45. The van der Waals surface area contributed by atoms with E-state index >= 15 is 0 Å². The molecular weight excluding hydrogens is 449 g/mol. The molecule has 1 aromatic rings. The number of guanidine groups is 1. The van der Waals surface area contributed by atoms with Gasteiger partial charge in [-0.3, -0.25) is 4.99 Å². The number of nitrogens with one attached hydrogen (secondary N) is 2. The smallest absolute Gasteiger partial charge is 0.191 e. The van der Waals surface area contributed by atoms with Crippen molar-refractivity contribution in [3.8, 4) is 17.2 Å². The second-order valence-electron chi connectivity index (χ2n) is 6.20. The molecule has 8 heteroatoms. The van der Waals surface area contributed by atoms with E-state index in [9.17, 15) is 0 Å². The van der Waals surface area contributed by atoms with Crippen LogP contribution in [0.1, 0.15) is 25.3 Å². The number of rotatable bonds is 7. The van der Waals surface area contributed by atoms with Crippen LogP contribution in [0, 0.1) is 0 Å². The molecule has 0 aromatic heterocycles. The Balaban J connectivity index is 0.00000338. The molecule has 26 heavy (non-hydrogen) atoms. The average molecular weight is 479 g/mol. The quantitative estimate of drug-likeness (QED) is 0.356. The fraction of sp³-hybridized carbons (Fsp3) is 0.611. The molecule has 0 saturated carbocycles. The highest BCUT2D eigenvalue weighted by Gasteiger charge is 2.29. The zero-order valence-electron chi connectivity index (χ0n) is 16.2. The van der Waals surface area contributed by atoms with Crippen molar-refractivity contribution in [3.63, 3.8) is 0 Å². The van der Waals surface area contributed by atoms with Gasteiger partial charge in [-0.1, -0.05) is 0 Å². The second-order valence-corrected chi connectivity index (χ2v) is 6.20. The average Bonchev–Trinajstić information content (AvgIpc) is 3.07. The zero-order valence-corrected chi connectivity index (χ0v) is 18.5. The fourth-order valence-corrected chi connectivity index (χ4v) is 2.88. The van der Waals surface area contributed by atoms with E-state index in [1.54, 1.807) is 28.4 Å². The minimum Gasteiger partial charge on any atom is -0.496 e. The predicted octanol–water partition coefficient (Wildman–Crippen LogP) is 2.56. The van der Waals surface area contributed by atoms with Gasteiger partial charge in [0, 0.05) is 38.4 Å². The number of hydrogen-bond donors (Lipinski definition) is 2. The summed E-state index contributed by atoms with van der Waals surface area (Å²) in [5, 5.41) is 6.63. The molecule has 0 aliphatic carbocycles. The minimum absolute atomic E-state index is 0. The maximum atomic E-state index is 5.79. The van der Waals surface area contributed by atoms with Crippen LogP contribution in [-0.4, -0.2) is 53.1 Å². The predicted molar refractivity (Wildman–Crippen MR) is 113 cm³/mol. The normalized spacial score (nSPS) is 19.5. The van der Waals surface area contributed by atoms with Crippen LogP contribution in [0.5, 0.6) is 17.2 Å². The maximum absolute atomic E-state index is 5.79. The molecule has 1 aliphatic rings. The van der Waals surface area contributed by atoms with Gasteiger partial charge < -0.3 is 29.6 Å². The number of nitrogens with zero attached hydrogens (tertiary/aromatic N) is 1. The van der Waals surface area contributed by atoms with Crippen LogP contribution >= 0.6 is 24.0 Å². The highest BCUT2D eigenvalue weighted by atomic mass is 127. The third-order valence-electron chi connectivity index (χ3n) is 4.39. The number of hydrogen-bond acceptors (Lipinski definition) is 5. The number of aliphatic imine (C=N–C) groups is 1. The fourth-order valence-electron chi connectivity index (χ4n) is 2.88. The van der Waals surface area contributed by atoms with Gasteiger partial charge in [0.05, 0.1) is 26.9 Å². The van der Waals surface area contributed by atoms with Gasteiger partial charge in [-0.05, 0) is 25.8 Å². The number of ether oxygens (including phenoxy) is 4. The lowest BCUT2D eigenvalue weighted by atomic mass is 10.0. The van der Waals surface area contributed by atoms with E-state index < -0.39 is 0 Å². The van der Waals surface area contributed by atoms with Gasteiger partial charge in [0.15, 0.2) is 17.5 Å². The Bertz CT molecular complexity index is 604. The monoisotopic (exact) mass is 479 g/mol. The Kier molecular flexibility index (Phi) is 9.28. The highest BCUT2D eigenvalue weighted by molar-refractivity contribution is 14.0. The van der Waals surface area contributed by atoms with Crippen LogP contribution in [-0.2, 0) is 11.3 Å². The minimum atomic E-state index is -0.126. The van der Waals surface area contributed by atoms with Crippen LogP contribution in [0.3, 0.4) is 0 Å². The van der Waals surface area contributed by atoms with E-state index in [1.165, 1.54) is 0 Å². The molecule has 148 valence electrons. The topological polar surface area (TPSA) is 73.3 Å². The molecule has 2 rings (SSSR count). The van der Waals surface area contributed by atoms with E-state index in [0.717, 1.165) is 37.3 Å². The Morgan fingerprint density at radius 3 is 2.31 bits per heavy atom. The highest BCUT2D eigenvalue weighted by Crippen LogP contribution is 2.34. The first-order valence-corrected chi connectivity index (χ1v) is 8.42. The van der Waals surface area contributed by atoms with Gasteiger partial charge in [0.2, 0.25) is 0 Å². The van der Waals surface area contributed by atoms with Crippen LogP contribution in [0.4, 0.5) is 0 Å². The van der Waals surface area contributed by atoms with Gasteiger partial charge >= 0.3 is 0 Å². The summed E-state index contributed by atoms with van der Waals surface area (Å²) in [6.07, 6.45) is 2.16. The second kappa shape index (κ2) is 10.7. The molecule has 0 bridgehead atoms. The molecule has 1 aromatic carbocycles. The molecule has 1 saturated heterocycles. The SMILES string of the molecule is CN=C(NCc1cc(OC)c(OC)cc1OC)NCC1(C)CCCO1.I. The third-order valence-corrected chi connectivity index (χ3v) is 4.39. The number of halogens is 1. The van der Waals surface area contributed by atoms with Crippen molar-refractivity contribution in [1.82, 2.24) is 10.6 Å². The lowest BCUT2D eigenvalue weighted by Gasteiger charge is -2.25. The first-order chi connectivity index (χ1) is 12.0. The largest absolute Gasteiger partial charge is 0.496 e. The van der Waals surface area contributed by atoms with Crippen molar-refractivity contribution < 1.29 is 18.9 Å². The van der Waals surface area contributed by atoms with Crippen molar-refractivity contribution in [2.45, 2.75) is 31.9 Å².